The molecule has 0 radical (unpaired) electrons. The molecular weight excluding hydrogens is 238 g/mol. The number of quaternary nitrogens is 1. The molecule has 1 aromatic rings. The van der Waals surface area contributed by atoms with Gasteiger partial charge in [-0.1, -0.05) is 6.07 Å². The molecule has 5 heteroatoms. The van der Waals surface area contributed by atoms with Gasteiger partial charge in [0.05, 0.1) is 38.8 Å². The second kappa shape index (κ2) is 5.02. The summed E-state index contributed by atoms with van der Waals surface area (Å²) in [6.07, 6.45) is 0. The van der Waals surface area contributed by atoms with Crippen LogP contribution < -0.4 is 4.90 Å². The zero-order valence-corrected chi connectivity index (χ0v) is 10.6. The number of carbonyl (C=O) groups excluding carboxylic acids is 1. The number of nitrogens with one attached hydrogen (secondary N) is 1. The Balaban J connectivity index is 2.21. The Morgan fingerprint density at radius 1 is 1.22 bits per heavy atom. The third-order valence-electron chi connectivity index (χ3n) is 3.41. The topological polar surface area (TPSA) is 24.8 Å². The van der Waals surface area contributed by atoms with Crippen molar-refractivity contribution in [3.63, 3.8) is 0 Å². The molecule has 1 fully saturated rings. The normalized spacial score (nSPS) is 17.0. The molecule has 1 heterocycles. The third kappa shape index (κ3) is 2.36. The zero-order valence-electron chi connectivity index (χ0n) is 10.6. The van der Waals surface area contributed by atoms with Crippen molar-refractivity contribution in [3.8, 4) is 0 Å². The van der Waals surface area contributed by atoms with Gasteiger partial charge in [-0.05, 0) is 18.6 Å². The molecule has 98 valence electrons. The van der Waals surface area contributed by atoms with Crippen LogP contribution >= 0.6 is 0 Å². The van der Waals surface area contributed by atoms with Gasteiger partial charge in [0, 0.05) is 0 Å². The highest BCUT2D eigenvalue weighted by Crippen LogP contribution is 2.17. The van der Waals surface area contributed by atoms with Crippen LogP contribution in [0.4, 0.5) is 8.78 Å². The number of nitrogens with zero attached hydrogens (tertiary/aromatic N) is 1. The summed E-state index contributed by atoms with van der Waals surface area (Å²) in [6, 6.07) is 2.80. The SMILES string of the molecule is Cc1ccc(C(=O)N2CC[NH+](C)CC2)c(F)c1F. The lowest BCUT2D eigenvalue weighted by molar-refractivity contribution is -0.883. The molecular formula is C13H17F2N2O+. The van der Waals surface area contributed by atoms with E-state index in [2.05, 4.69) is 0 Å². The molecule has 1 saturated heterocycles. The fourth-order valence-corrected chi connectivity index (χ4v) is 2.07. The van der Waals surface area contributed by atoms with Gasteiger partial charge in [0.25, 0.3) is 5.91 Å². The average Bonchev–Trinajstić information content (AvgIpc) is 2.36. The highest BCUT2D eigenvalue weighted by Gasteiger charge is 2.25. The van der Waals surface area contributed by atoms with E-state index in [9.17, 15) is 13.6 Å². The highest BCUT2D eigenvalue weighted by atomic mass is 19.2. The molecule has 1 aliphatic rings. The van der Waals surface area contributed by atoms with Crippen LogP contribution in [-0.4, -0.2) is 44.0 Å². The van der Waals surface area contributed by atoms with Gasteiger partial charge in [0.2, 0.25) is 0 Å². The number of hydrogen-bond donors (Lipinski definition) is 1. The molecule has 2 rings (SSSR count). The summed E-state index contributed by atoms with van der Waals surface area (Å²) < 4.78 is 27.1. The Bertz CT molecular complexity index is 468. The van der Waals surface area contributed by atoms with Crippen LogP contribution in [-0.2, 0) is 0 Å². The number of hydrogen-bond acceptors (Lipinski definition) is 1. The Morgan fingerprint density at radius 2 is 1.83 bits per heavy atom. The van der Waals surface area contributed by atoms with E-state index in [-0.39, 0.29) is 11.1 Å². The minimum Gasteiger partial charge on any atom is -0.334 e. The van der Waals surface area contributed by atoms with E-state index in [4.69, 9.17) is 0 Å². The largest absolute Gasteiger partial charge is 0.334 e. The maximum Gasteiger partial charge on any atom is 0.257 e. The van der Waals surface area contributed by atoms with Gasteiger partial charge in [0.1, 0.15) is 0 Å². The summed E-state index contributed by atoms with van der Waals surface area (Å²) in [4.78, 5) is 15.0. The molecule has 1 aliphatic heterocycles. The van der Waals surface area contributed by atoms with Crippen molar-refractivity contribution in [2.45, 2.75) is 6.92 Å². The van der Waals surface area contributed by atoms with Crippen molar-refractivity contribution in [1.29, 1.82) is 0 Å². The second-order valence-corrected chi connectivity index (χ2v) is 4.81. The number of benzene rings is 1. The molecule has 0 atom stereocenters. The van der Waals surface area contributed by atoms with Crippen LogP contribution in [0.5, 0.6) is 0 Å². The van der Waals surface area contributed by atoms with Crippen LogP contribution in [0.1, 0.15) is 15.9 Å². The number of rotatable bonds is 1. The van der Waals surface area contributed by atoms with Crippen LogP contribution in [0, 0.1) is 18.6 Å². The van der Waals surface area contributed by atoms with Crippen LogP contribution in [0.15, 0.2) is 12.1 Å². The number of likely N-dealkylation sites (N-methyl/N-ethyl adjacent to an activating group) is 1. The Hall–Kier alpha value is -1.49. The van der Waals surface area contributed by atoms with E-state index in [0.717, 1.165) is 13.1 Å². The first-order valence-electron chi connectivity index (χ1n) is 6.06. The highest BCUT2D eigenvalue weighted by molar-refractivity contribution is 5.94. The summed E-state index contributed by atoms with van der Waals surface area (Å²) in [5.41, 5.74) is 0.0459. The van der Waals surface area contributed by atoms with E-state index in [1.54, 1.807) is 4.90 Å². The number of amides is 1. The standard InChI is InChI=1S/C13H16F2N2O/c1-9-3-4-10(12(15)11(9)14)13(18)17-7-5-16(2)6-8-17/h3-4H,5-8H2,1-2H3/p+1. The second-order valence-electron chi connectivity index (χ2n) is 4.81. The van der Waals surface area contributed by atoms with Crippen LogP contribution in [0.25, 0.3) is 0 Å². The molecule has 0 saturated carbocycles. The lowest BCUT2D eigenvalue weighted by Crippen LogP contribution is -3.12. The Labute approximate surface area is 105 Å². The van der Waals surface area contributed by atoms with Crippen molar-refractivity contribution in [2.75, 3.05) is 33.2 Å². The van der Waals surface area contributed by atoms with E-state index in [0.29, 0.717) is 13.1 Å². The van der Waals surface area contributed by atoms with Gasteiger partial charge in [-0.25, -0.2) is 8.78 Å². The maximum atomic E-state index is 13.7. The lowest BCUT2D eigenvalue weighted by atomic mass is 10.1. The Morgan fingerprint density at radius 3 is 2.44 bits per heavy atom. The first kappa shape index (κ1) is 13.0. The molecule has 1 amide bonds. The summed E-state index contributed by atoms with van der Waals surface area (Å²) in [5, 5.41) is 0. The Kier molecular flexibility index (Phi) is 3.61. The monoisotopic (exact) mass is 255 g/mol. The van der Waals surface area contributed by atoms with E-state index < -0.39 is 17.5 Å². The first-order valence-corrected chi connectivity index (χ1v) is 6.06. The van der Waals surface area contributed by atoms with Gasteiger partial charge >= 0.3 is 0 Å². The molecule has 18 heavy (non-hydrogen) atoms. The van der Waals surface area contributed by atoms with Crippen molar-refractivity contribution in [1.82, 2.24) is 4.90 Å². The van der Waals surface area contributed by atoms with Crippen molar-refractivity contribution in [2.24, 2.45) is 0 Å². The van der Waals surface area contributed by atoms with Gasteiger partial charge in [0.15, 0.2) is 11.6 Å². The smallest absolute Gasteiger partial charge is 0.257 e. The number of piperazine rings is 1. The quantitative estimate of drug-likeness (QED) is 0.764. The minimum atomic E-state index is -1.04. The average molecular weight is 255 g/mol. The van der Waals surface area contributed by atoms with E-state index >= 15 is 0 Å². The van der Waals surface area contributed by atoms with Crippen LogP contribution in [0.2, 0.25) is 0 Å². The molecule has 0 unspecified atom stereocenters. The summed E-state index contributed by atoms with van der Waals surface area (Å²) in [7, 11) is 2.05. The van der Waals surface area contributed by atoms with Gasteiger partial charge in [-0.15, -0.1) is 0 Å². The van der Waals surface area contributed by atoms with E-state index in [1.807, 2.05) is 7.05 Å². The molecule has 1 aromatic carbocycles. The van der Waals surface area contributed by atoms with E-state index in [1.165, 1.54) is 24.0 Å². The van der Waals surface area contributed by atoms with Crippen molar-refractivity contribution < 1.29 is 18.5 Å². The van der Waals surface area contributed by atoms with Gasteiger partial charge in [-0.3, -0.25) is 4.79 Å². The number of aryl methyl sites for hydroxylation is 1. The minimum absolute atomic E-state index is 0.169. The zero-order chi connectivity index (χ0) is 13.3. The third-order valence-corrected chi connectivity index (χ3v) is 3.41. The molecule has 0 aromatic heterocycles. The molecule has 3 nitrogen and oxygen atoms in total. The predicted octanol–water partition coefficient (Wildman–Crippen LogP) is 0.244. The summed E-state index contributed by atoms with van der Waals surface area (Å²) in [5.74, 6) is -2.38. The summed E-state index contributed by atoms with van der Waals surface area (Å²) in [6.45, 7) is 4.31. The van der Waals surface area contributed by atoms with Crippen molar-refractivity contribution >= 4 is 5.91 Å². The fraction of sp³-hybridized carbons (Fsp3) is 0.462. The van der Waals surface area contributed by atoms with Gasteiger partial charge in [-0.2, -0.15) is 0 Å². The van der Waals surface area contributed by atoms with Crippen LogP contribution in [0.3, 0.4) is 0 Å². The number of halogens is 2. The molecule has 0 spiro atoms. The molecule has 0 aliphatic carbocycles. The molecule has 0 bridgehead atoms. The number of carbonyl (C=O) groups is 1. The maximum absolute atomic E-state index is 13.7. The first-order chi connectivity index (χ1) is 8.50. The van der Waals surface area contributed by atoms with Crippen molar-refractivity contribution in [3.05, 3.63) is 34.9 Å². The summed E-state index contributed by atoms with van der Waals surface area (Å²) >= 11 is 0. The van der Waals surface area contributed by atoms with Gasteiger partial charge < -0.3 is 9.80 Å². The lowest BCUT2D eigenvalue weighted by Gasteiger charge is -2.30. The molecule has 1 N–H and O–H groups in total. The fourth-order valence-electron chi connectivity index (χ4n) is 2.07. The predicted molar refractivity (Wildman–Crippen MR) is 63.6 cm³/mol.